The monoisotopic (exact) mass is 524 g/mol. The van der Waals surface area contributed by atoms with Crippen LogP contribution in [-0.2, 0) is 14.4 Å². The molecule has 0 heterocycles. The first-order valence-corrected chi connectivity index (χ1v) is 13.2. The van der Waals surface area contributed by atoms with Crippen molar-refractivity contribution in [2.24, 2.45) is 17.8 Å². The molecule has 0 bridgehead atoms. The average molecular weight is 525 g/mol. The molecule has 4 unspecified atom stereocenters. The number of allylic oxidation sites excluding steroid dienone is 1. The highest BCUT2D eigenvalue weighted by molar-refractivity contribution is 6.10. The van der Waals surface area contributed by atoms with Crippen LogP contribution in [0.1, 0.15) is 41.2 Å². The Morgan fingerprint density at radius 1 is 0.846 bits per heavy atom. The average Bonchev–Trinajstić information content (AvgIpc) is 2.86. The van der Waals surface area contributed by atoms with Gasteiger partial charge in [-0.25, -0.2) is 0 Å². The number of rotatable bonds is 6. The summed E-state index contributed by atoms with van der Waals surface area (Å²) in [5.41, 5.74) is 4.15. The van der Waals surface area contributed by atoms with Gasteiger partial charge in [-0.1, -0.05) is 66.7 Å². The maximum absolute atomic E-state index is 13.9. The summed E-state index contributed by atoms with van der Waals surface area (Å²) in [7, 11) is 0. The van der Waals surface area contributed by atoms with Crippen LogP contribution < -0.4 is 10.6 Å². The number of aryl methyl sites for hydroxylation is 4. The molecule has 0 aromatic heterocycles. The van der Waals surface area contributed by atoms with Crippen molar-refractivity contribution >= 4 is 35.0 Å². The lowest BCUT2D eigenvalue weighted by Crippen LogP contribution is -2.57. The van der Waals surface area contributed by atoms with E-state index in [1.807, 2.05) is 94.4 Å². The lowest BCUT2D eigenvalue weighted by molar-refractivity contribution is -0.152. The minimum absolute atomic E-state index is 0.307. The zero-order valence-electron chi connectivity index (χ0n) is 23.1. The van der Waals surface area contributed by atoms with Crippen LogP contribution in [0, 0.1) is 45.4 Å². The molecule has 4 rings (SSSR count). The Labute approximate surface area is 230 Å². The van der Waals surface area contributed by atoms with Crippen LogP contribution in [0.15, 0.2) is 72.8 Å². The number of hydrogen-bond acceptors (Lipinski definition) is 4. The Morgan fingerprint density at radius 2 is 1.38 bits per heavy atom. The van der Waals surface area contributed by atoms with E-state index in [0.717, 1.165) is 27.8 Å². The standard InChI is InChI=1S/C33H36N2O4/c1-20-11-13-22(3)26(17-20)34-31(37)29-25(16-15-24-9-7-6-8-10-24)30(33(5,39)19-28(29)36)32(38)35-27-18-21(2)12-14-23(27)4/h6-18,25,29-30,39H,19H2,1-5H3,(H,34,37)(H,35,38)/b16-15+. The van der Waals surface area contributed by atoms with Crippen molar-refractivity contribution in [3.8, 4) is 0 Å². The summed E-state index contributed by atoms with van der Waals surface area (Å²) in [5.74, 6) is -4.41. The fraction of sp³-hybridized carbons (Fsp3) is 0.303. The molecule has 1 aliphatic rings. The number of hydrogen-bond donors (Lipinski definition) is 3. The van der Waals surface area contributed by atoms with E-state index in [1.165, 1.54) is 6.92 Å². The third kappa shape index (κ3) is 6.35. The van der Waals surface area contributed by atoms with Crippen molar-refractivity contribution in [3.63, 3.8) is 0 Å². The predicted octanol–water partition coefficient (Wildman–Crippen LogP) is 5.78. The van der Waals surface area contributed by atoms with E-state index in [4.69, 9.17) is 0 Å². The molecule has 3 aromatic carbocycles. The van der Waals surface area contributed by atoms with Crippen LogP contribution >= 0.6 is 0 Å². The number of benzene rings is 3. The molecule has 6 nitrogen and oxygen atoms in total. The molecule has 202 valence electrons. The highest BCUT2D eigenvalue weighted by atomic mass is 16.3. The van der Waals surface area contributed by atoms with Gasteiger partial charge in [0.15, 0.2) is 0 Å². The maximum Gasteiger partial charge on any atom is 0.235 e. The van der Waals surface area contributed by atoms with E-state index in [0.29, 0.717) is 11.4 Å². The zero-order chi connectivity index (χ0) is 28.3. The Kier molecular flexibility index (Phi) is 8.17. The van der Waals surface area contributed by atoms with Gasteiger partial charge in [0.2, 0.25) is 11.8 Å². The maximum atomic E-state index is 13.9. The third-order valence-electron chi connectivity index (χ3n) is 7.50. The molecular formula is C33H36N2O4. The lowest BCUT2D eigenvalue weighted by Gasteiger charge is -2.43. The van der Waals surface area contributed by atoms with Gasteiger partial charge in [-0.3, -0.25) is 14.4 Å². The van der Waals surface area contributed by atoms with Crippen LogP contribution in [0.5, 0.6) is 0 Å². The van der Waals surface area contributed by atoms with Gasteiger partial charge >= 0.3 is 0 Å². The SMILES string of the molecule is Cc1ccc(C)c(NC(=O)C2C(=O)CC(C)(O)C(C(=O)Nc3cc(C)ccc3C)C2/C=C/c2ccccc2)c1. The molecule has 0 spiro atoms. The van der Waals surface area contributed by atoms with Crippen LogP contribution in [0.25, 0.3) is 6.08 Å². The Bertz CT molecular complexity index is 1420. The summed E-state index contributed by atoms with van der Waals surface area (Å²) in [6, 6.07) is 20.9. The first-order valence-electron chi connectivity index (χ1n) is 13.2. The summed E-state index contributed by atoms with van der Waals surface area (Å²) < 4.78 is 0. The van der Waals surface area contributed by atoms with E-state index >= 15 is 0 Å². The summed E-state index contributed by atoms with van der Waals surface area (Å²) in [5, 5.41) is 17.4. The summed E-state index contributed by atoms with van der Waals surface area (Å²) in [6.07, 6.45) is 3.22. The van der Waals surface area contributed by atoms with E-state index in [-0.39, 0.29) is 6.42 Å². The third-order valence-corrected chi connectivity index (χ3v) is 7.50. The summed E-state index contributed by atoms with van der Waals surface area (Å²) >= 11 is 0. The molecular weight excluding hydrogens is 488 g/mol. The van der Waals surface area contributed by atoms with Crippen molar-refractivity contribution in [3.05, 3.63) is 101 Å². The number of carbonyl (C=O) groups is 3. The second kappa shape index (κ2) is 11.4. The number of amides is 2. The second-order valence-electron chi connectivity index (χ2n) is 10.9. The van der Waals surface area contributed by atoms with Crippen LogP contribution in [-0.4, -0.2) is 28.3 Å². The molecule has 1 aliphatic carbocycles. The topological polar surface area (TPSA) is 95.5 Å². The Balaban J connectivity index is 1.75. The quantitative estimate of drug-likeness (QED) is 0.356. The lowest BCUT2D eigenvalue weighted by atomic mass is 9.63. The molecule has 6 heteroatoms. The number of ketones is 1. The molecule has 39 heavy (non-hydrogen) atoms. The van der Waals surface area contributed by atoms with Gasteiger partial charge < -0.3 is 15.7 Å². The minimum atomic E-state index is -1.65. The van der Waals surface area contributed by atoms with E-state index in [1.54, 1.807) is 12.2 Å². The van der Waals surface area contributed by atoms with Crippen LogP contribution in [0.3, 0.4) is 0 Å². The highest BCUT2D eigenvalue weighted by Crippen LogP contribution is 2.42. The van der Waals surface area contributed by atoms with E-state index in [9.17, 15) is 19.5 Å². The first kappa shape index (κ1) is 28.0. The minimum Gasteiger partial charge on any atom is -0.389 e. The molecule has 1 fully saturated rings. The number of Topliss-reactive ketones (excluding diaryl/α,β-unsaturated/α-hetero) is 1. The van der Waals surface area contributed by atoms with Crippen molar-refractivity contribution < 1.29 is 19.5 Å². The smallest absolute Gasteiger partial charge is 0.235 e. The van der Waals surface area contributed by atoms with Gasteiger partial charge in [-0.2, -0.15) is 0 Å². The first-order chi connectivity index (χ1) is 18.5. The van der Waals surface area contributed by atoms with Crippen LogP contribution in [0.4, 0.5) is 11.4 Å². The molecule has 0 saturated heterocycles. The van der Waals surface area contributed by atoms with Gasteiger partial charge in [0, 0.05) is 23.7 Å². The Hall–Kier alpha value is -4.03. The molecule has 0 radical (unpaired) electrons. The largest absolute Gasteiger partial charge is 0.389 e. The molecule has 3 N–H and O–H groups in total. The van der Waals surface area contributed by atoms with Crippen molar-refractivity contribution in [1.82, 2.24) is 0 Å². The number of nitrogens with one attached hydrogen (secondary N) is 2. The summed E-state index contributed by atoms with van der Waals surface area (Å²) in [4.78, 5) is 41.0. The van der Waals surface area contributed by atoms with Gasteiger partial charge in [-0.15, -0.1) is 0 Å². The number of carbonyl (C=O) groups excluding carboxylic acids is 3. The molecule has 3 aromatic rings. The van der Waals surface area contributed by atoms with E-state index < -0.39 is 41.0 Å². The predicted molar refractivity (Wildman–Crippen MR) is 155 cm³/mol. The highest BCUT2D eigenvalue weighted by Gasteiger charge is 2.54. The van der Waals surface area contributed by atoms with Crippen molar-refractivity contribution in [2.75, 3.05) is 10.6 Å². The van der Waals surface area contributed by atoms with Crippen LogP contribution in [0.2, 0.25) is 0 Å². The molecule has 0 aliphatic heterocycles. The van der Waals surface area contributed by atoms with Gasteiger partial charge in [0.25, 0.3) is 0 Å². The van der Waals surface area contributed by atoms with Crippen molar-refractivity contribution in [2.45, 2.75) is 46.6 Å². The van der Waals surface area contributed by atoms with Gasteiger partial charge in [0.05, 0.1) is 11.5 Å². The molecule has 4 atom stereocenters. The van der Waals surface area contributed by atoms with Crippen molar-refractivity contribution in [1.29, 1.82) is 0 Å². The second-order valence-corrected chi connectivity index (χ2v) is 10.9. The van der Waals surface area contributed by atoms with Gasteiger partial charge in [0.1, 0.15) is 11.7 Å². The molecule has 2 amide bonds. The summed E-state index contributed by atoms with van der Waals surface area (Å²) in [6.45, 7) is 9.14. The normalized spacial score (nSPS) is 23.0. The number of aliphatic hydroxyl groups is 1. The fourth-order valence-electron chi connectivity index (χ4n) is 5.34. The van der Waals surface area contributed by atoms with Gasteiger partial charge in [-0.05, 0) is 74.6 Å². The van der Waals surface area contributed by atoms with E-state index in [2.05, 4.69) is 10.6 Å². The molecule has 1 saturated carbocycles. The Morgan fingerprint density at radius 3 is 1.95 bits per heavy atom. The zero-order valence-corrected chi connectivity index (χ0v) is 23.1. The number of anilines is 2. The fourth-order valence-corrected chi connectivity index (χ4v) is 5.34.